The number of hydrogen-bond donors (Lipinski definition) is 2. The van der Waals surface area contributed by atoms with Gasteiger partial charge in [0.05, 0.1) is 18.7 Å². The summed E-state index contributed by atoms with van der Waals surface area (Å²) in [7, 11) is 1.59. The Kier molecular flexibility index (Phi) is 6.93. The fraction of sp³-hybridized carbons (Fsp3) is 0.304. The van der Waals surface area contributed by atoms with Crippen molar-refractivity contribution in [3.8, 4) is 0 Å². The van der Waals surface area contributed by atoms with Crippen LogP contribution < -0.4 is 5.32 Å². The van der Waals surface area contributed by atoms with Crippen LogP contribution in [0.5, 0.6) is 0 Å². The first-order valence-corrected chi connectivity index (χ1v) is 9.45. The summed E-state index contributed by atoms with van der Waals surface area (Å²) in [5.74, 6) is -2.70. The summed E-state index contributed by atoms with van der Waals surface area (Å²) in [6, 6.07) is 3.62. The molecule has 0 radical (unpaired) electrons. The fourth-order valence-electron chi connectivity index (χ4n) is 3.28. The maximum atomic E-state index is 13.5. The van der Waals surface area contributed by atoms with Crippen LogP contribution >= 0.6 is 0 Å². The molecule has 1 amide bonds. The zero-order valence-corrected chi connectivity index (χ0v) is 17.9. The van der Waals surface area contributed by atoms with Gasteiger partial charge in [0.15, 0.2) is 0 Å². The third-order valence-electron chi connectivity index (χ3n) is 5.37. The van der Waals surface area contributed by atoms with Crippen LogP contribution in [0.15, 0.2) is 30.9 Å². The Bertz CT molecular complexity index is 1130. The highest BCUT2D eigenvalue weighted by Crippen LogP contribution is 2.28. The van der Waals surface area contributed by atoms with Crippen molar-refractivity contribution in [1.82, 2.24) is 4.57 Å². The summed E-state index contributed by atoms with van der Waals surface area (Å²) < 4.78 is 15.0. The number of nitrogens with one attached hydrogen (secondary N) is 1. The second-order valence-corrected chi connectivity index (χ2v) is 7.67. The molecule has 31 heavy (non-hydrogen) atoms. The Hall–Kier alpha value is -3.57. The van der Waals surface area contributed by atoms with E-state index in [0.717, 1.165) is 6.07 Å². The van der Waals surface area contributed by atoms with Gasteiger partial charge in [0.25, 0.3) is 5.91 Å². The minimum atomic E-state index is -0.924. The van der Waals surface area contributed by atoms with E-state index in [0.29, 0.717) is 11.3 Å². The summed E-state index contributed by atoms with van der Waals surface area (Å²) in [5, 5.41) is 12.1. The second kappa shape index (κ2) is 9.06. The summed E-state index contributed by atoms with van der Waals surface area (Å²) in [6.45, 7) is 15.1. The largest absolute Gasteiger partial charge is 0.395 e. The zero-order valence-electron chi connectivity index (χ0n) is 17.9. The summed E-state index contributed by atoms with van der Waals surface area (Å²) in [5.41, 5.74) is 0.127. The van der Waals surface area contributed by atoms with Crippen LogP contribution in [0.2, 0.25) is 0 Å². The molecule has 2 rings (SSSR count). The fourth-order valence-corrected chi connectivity index (χ4v) is 3.28. The smallest absolute Gasteiger partial charge is 0.272 e. The number of ketones is 2. The molecule has 8 heteroatoms. The van der Waals surface area contributed by atoms with Gasteiger partial charge >= 0.3 is 0 Å². The van der Waals surface area contributed by atoms with Gasteiger partial charge in [0.2, 0.25) is 17.3 Å². The number of benzene rings is 1. The highest BCUT2D eigenvalue weighted by Gasteiger charge is 2.32. The Morgan fingerprint density at radius 1 is 1.35 bits per heavy atom. The Balaban J connectivity index is 2.38. The number of Topliss-reactive ketones (excluding diaryl/α,β-unsaturated/α-hetero) is 2. The predicted octanol–water partition coefficient (Wildman–Crippen LogP) is 3.91. The van der Waals surface area contributed by atoms with Crippen molar-refractivity contribution in [3.63, 3.8) is 0 Å². The number of aliphatic hydroxyl groups excluding tert-OH is 1. The first-order chi connectivity index (χ1) is 14.5. The monoisotopic (exact) mass is 425 g/mol. The number of anilines is 1. The Morgan fingerprint density at radius 2 is 2.00 bits per heavy atom. The van der Waals surface area contributed by atoms with Crippen molar-refractivity contribution in [2.75, 3.05) is 11.9 Å². The first kappa shape index (κ1) is 23.7. The molecule has 0 spiro atoms. The third kappa shape index (κ3) is 4.62. The quantitative estimate of drug-likeness (QED) is 0.290. The Labute approximate surface area is 180 Å². The molecular weight excluding hydrogens is 401 g/mol. The van der Waals surface area contributed by atoms with Crippen molar-refractivity contribution in [3.05, 3.63) is 70.6 Å². The molecule has 0 aliphatic heterocycles. The molecule has 0 saturated carbocycles. The van der Waals surface area contributed by atoms with Crippen molar-refractivity contribution in [2.24, 2.45) is 12.5 Å². The van der Waals surface area contributed by atoms with Crippen molar-refractivity contribution in [1.29, 1.82) is 0 Å². The van der Waals surface area contributed by atoms with Crippen LogP contribution in [0.1, 0.15) is 45.4 Å². The average molecular weight is 425 g/mol. The lowest BCUT2D eigenvalue weighted by atomic mass is 9.84. The standard InChI is InChI=1S/C23H24FN3O4/c1-7-23(4,12-28)11-18(29)21(30)19-13(2)20(27(6)14(19)3)22(31)26-15-8-9-16(24)17(10-15)25-5/h7-10,28H,1,11-12H2,2-4,6H3,(H,26,31)/t23-/m0/s1. The van der Waals surface area contributed by atoms with Crippen LogP contribution in [0.3, 0.4) is 0 Å². The van der Waals surface area contributed by atoms with E-state index in [1.165, 1.54) is 22.8 Å². The van der Waals surface area contributed by atoms with Gasteiger partial charge in [-0.1, -0.05) is 13.0 Å². The molecule has 1 atom stereocenters. The number of nitrogens with zero attached hydrogens (tertiary/aromatic N) is 2. The number of aromatic nitrogens is 1. The number of rotatable bonds is 8. The van der Waals surface area contributed by atoms with E-state index < -0.39 is 28.7 Å². The van der Waals surface area contributed by atoms with E-state index in [1.54, 1.807) is 27.8 Å². The van der Waals surface area contributed by atoms with E-state index in [1.807, 2.05) is 0 Å². The normalized spacial score (nSPS) is 12.5. The summed E-state index contributed by atoms with van der Waals surface area (Å²) in [6.07, 6.45) is 1.22. The molecule has 1 aromatic carbocycles. The second-order valence-electron chi connectivity index (χ2n) is 7.67. The highest BCUT2D eigenvalue weighted by molar-refractivity contribution is 6.44. The topological polar surface area (TPSA) is 92.8 Å². The SMILES string of the molecule is [C-]#[N+]c1cc(NC(=O)c2c(C)c(C(=O)C(=O)C[C@](C)(C=C)CO)c(C)n2C)ccc1F. The van der Waals surface area contributed by atoms with E-state index in [4.69, 9.17) is 6.57 Å². The van der Waals surface area contributed by atoms with Gasteiger partial charge in [-0.3, -0.25) is 14.4 Å². The lowest BCUT2D eigenvalue weighted by Crippen LogP contribution is -2.27. The van der Waals surface area contributed by atoms with Gasteiger partial charge in [0.1, 0.15) is 11.5 Å². The van der Waals surface area contributed by atoms with E-state index in [-0.39, 0.29) is 35.7 Å². The van der Waals surface area contributed by atoms with Gasteiger partial charge < -0.3 is 15.0 Å². The predicted molar refractivity (Wildman–Crippen MR) is 115 cm³/mol. The zero-order chi connectivity index (χ0) is 23.5. The molecule has 7 nitrogen and oxygen atoms in total. The van der Waals surface area contributed by atoms with Crippen LogP contribution in [0.25, 0.3) is 4.85 Å². The van der Waals surface area contributed by atoms with Gasteiger partial charge in [-0.05, 0) is 37.6 Å². The van der Waals surface area contributed by atoms with E-state index in [9.17, 15) is 23.9 Å². The van der Waals surface area contributed by atoms with Crippen molar-refractivity contribution < 1.29 is 23.9 Å². The van der Waals surface area contributed by atoms with Crippen molar-refractivity contribution in [2.45, 2.75) is 27.2 Å². The molecule has 0 aliphatic rings. The van der Waals surface area contributed by atoms with Crippen LogP contribution in [0.4, 0.5) is 15.8 Å². The first-order valence-electron chi connectivity index (χ1n) is 9.45. The van der Waals surface area contributed by atoms with Crippen LogP contribution in [-0.4, -0.2) is 33.8 Å². The maximum absolute atomic E-state index is 13.5. The molecular formula is C23H24FN3O4. The van der Waals surface area contributed by atoms with Gasteiger partial charge in [-0.15, -0.1) is 6.58 Å². The van der Waals surface area contributed by atoms with E-state index >= 15 is 0 Å². The maximum Gasteiger partial charge on any atom is 0.272 e. The van der Waals surface area contributed by atoms with E-state index in [2.05, 4.69) is 16.7 Å². The molecule has 0 fully saturated rings. The number of carbonyl (C=O) groups is 3. The third-order valence-corrected chi connectivity index (χ3v) is 5.37. The molecule has 0 unspecified atom stereocenters. The molecule has 2 N–H and O–H groups in total. The number of aliphatic hydroxyl groups is 1. The average Bonchev–Trinajstić information content (AvgIpc) is 2.96. The lowest BCUT2D eigenvalue weighted by Gasteiger charge is -2.21. The lowest BCUT2D eigenvalue weighted by molar-refractivity contribution is -0.117. The Morgan fingerprint density at radius 3 is 2.55 bits per heavy atom. The van der Waals surface area contributed by atoms with Gasteiger partial charge in [0, 0.05) is 30.3 Å². The van der Waals surface area contributed by atoms with Crippen LogP contribution in [-0.2, 0) is 11.8 Å². The van der Waals surface area contributed by atoms with Crippen LogP contribution in [0, 0.1) is 31.7 Å². The molecule has 2 aromatic rings. The molecule has 162 valence electrons. The number of halogens is 1. The molecule has 1 heterocycles. The highest BCUT2D eigenvalue weighted by atomic mass is 19.1. The van der Waals surface area contributed by atoms with Gasteiger partial charge in [-0.2, -0.15) is 0 Å². The number of carbonyl (C=O) groups excluding carboxylic acids is 3. The minimum Gasteiger partial charge on any atom is -0.395 e. The molecule has 1 aromatic heterocycles. The minimum absolute atomic E-state index is 0.128. The number of hydrogen-bond acceptors (Lipinski definition) is 4. The molecule has 0 saturated heterocycles. The van der Waals surface area contributed by atoms with Gasteiger partial charge in [-0.25, -0.2) is 9.24 Å². The summed E-state index contributed by atoms with van der Waals surface area (Å²) in [4.78, 5) is 41.4. The van der Waals surface area contributed by atoms with Crippen molar-refractivity contribution >= 4 is 28.8 Å². The summed E-state index contributed by atoms with van der Waals surface area (Å²) >= 11 is 0. The molecule has 0 aliphatic carbocycles. The molecule has 0 bridgehead atoms. The number of amides is 1.